The van der Waals surface area contributed by atoms with Crippen LogP contribution in [0.5, 0.6) is 5.75 Å². The first-order valence-electron chi connectivity index (χ1n) is 5.14. The van der Waals surface area contributed by atoms with Gasteiger partial charge < -0.3 is 5.11 Å². The van der Waals surface area contributed by atoms with Crippen LogP contribution in [0.4, 0.5) is 4.39 Å². The zero-order valence-electron chi connectivity index (χ0n) is 9.29. The summed E-state index contributed by atoms with van der Waals surface area (Å²) in [4.78, 5) is 0. The van der Waals surface area contributed by atoms with Gasteiger partial charge in [-0.2, -0.15) is 0 Å². The number of benzene rings is 2. The van der Waals surface area contributed by atoms with Crippen LogP contribution < -0.4 is 0 Å². The molecule has 0 bridgehead atoms. The molecule has 1 nitrogen and oxygen atoms in total. The lowest BCUT2D eigenvalue weighted by atomic mass is 9.95. The Balaban J connectivity index is 2.60. The SMILES string of the molecule is Cc1cc(F)cc(C)c1-c1ccc(O)cc1. The lowest BCUT2D eigenvalue weighted by molar-refractivity contribution is 0.475. The van der Waals surface area contributed by atoms with E-state index >= 15 is 0 Å². The van der Waals surface area contributed by atoms with Gasteiger partial charge in [0, 0.05) is 0 Å². The second-order valence-electron chi connectivity index (χ2n) is 3.96. The van der Waals surface area contributed by atoms with Crippen LogP contribution in [0.2, 0.25) is 0 Å². The molecule has 0 fully saturated rings. The number of halogens is 1. The fourth-order valence-corrected chi connectivity index (χ4v) is 1.99. The molecule has 2 aromatic carbocycles. The van der Waals surface area contributed by atoms with E-state index in [0.29, 0.717) is 0 Å². The van der Waals surface area contributed by atoms with Gasteiger partial charge in [0.15, 0.2) is 0 Å². The number of aryl methyl sites for hydroxylation is 2. The van der Waals surface area contributed by atoms with Gasteiger partial charge in [0.2, 0.25) is 0 Å². The first kappa shape index (κ1) is 10.7. The van der Waals surface area contributed by atoms with Crippen molar-refractivity contribution in [3.05, 3.63) is 53.3 Å². The van der Waals surface area contributed by atoms with E-state index in [1.807, 2.05) is 26.0 Å². The molecule has 0 saturated heterocycles. The summed E-state index contributed by atoms with van der Waals surface area (Å²) < 4.78 is 13.1. The summed E-state index contributed by atoms with van der Waals surface area (Å²) >= 11 is 0. The average Bonchev–Trinajstić information content (AvgIpc) is 2.19. The number of rotatable bonds is 1. The van der Waals surface area contributed by atoms with Gasteiger partial charge in [0.1, 0.15) is 11.6 Å². The molecule has 0 unspecified atom stereocenters. The van der Waals surface area contributed by atoms with Gasteiger partial charge in [0.25, 0.3) is 0 Å². The van der Waals surface area contributed by atoms with Gasteiger partial charge in [-0.3, -0.25) is 0 Å². The molecule has 0 saturated carbocycles. The molecule has 0 radical (unpaired) electrons. The maximum absolute atomic E-state index is 13.1. The molecule has 0 atom stereocenters. The molecular weight excluding hydrogens is 203 g/mol. The normalized spacial score (nSPS) is 10.4. The predicted molar refractivity (Wildman–Crippen MR) is 63.0 cm³/mol. The fourth-order valence-electron chi connectivity index (χ4n) is 1.99. The molecule has 16 heavy (non-hydrogen) atoms. The van der Waals surface area contributed by atoms with Crippen LogP contribution >= 0.6 is 0 Å². The molecule has 82 valence electrons. The quantitative estimate of drug-likeness (QED) is 0.768. The molecule has 2 rings (SSSR count). The van der Waals surface area contributed by atoms with Gasteiger partial charge in [-0.05, 0) is 60.4 Å². The van der Waals surface area contributed by atoms with Gasteiger partial charge in [0.05, 0.1) is 0 Å². The molecule has 1 N–H and O–H groups in total. The Bertz CT molecular complexity index is 492. The summed E-state index contributed by atoms with van der Waals surface area (Å²) in [5.74, 6) is 0.0266. The molecular formula is C14H13FO. The minimum absolute atomic E-state index is 0.211. The van der Waals surface area contributed by atoms with Crippen molar-refractivity contribution in [2.45, 2.75) is 13.8 Å². The van der Waals surface area contributed by atoms with E-state index in [0.717, 1.165) is 22.3 Å². The van der Waals surface area contributed by atoms with E-state index in [2.05, 4.69) is 0 Å². The highest BCUT2D eigenvalue weighted by Crippen LogP contribution is 2.29. The maximum Gasteiger partial charge on any atom is 0.123 e. The van der Waals surface area contributed by atoms with E-state index < -0.39 is 0 Å². The number of aromatic hydroxyl groups is 1. The van der Waals surface area contributed by atoms with Crippen LogP contribution in [0.15, 0.2) is 36.4 Å². The Hall–Kier alpha value is -1.83. The van der Waals surface area contributed by atoms with Crippen molar-refractivity contribution in [2.75, 3.05) is 0 Å². The number of hydrogen-bond acceptors (Lipinski definition) is 1. The predicted octanol–water partition coefficient (Wildman–Crippen LogP) is 3.82. The zero-order chi connectivity index (χ0) is 11.7. The third kappa shape index (κ3) is 1.91. The Morgan fingerprint density at radius 2 is 1.44 bits per heavy atom. The Kier molecular flexibility index (Phi) is 2.65. The fraction of sp³-hybridized carbons (Fsp3) is 0.143. The number of phenols is 1. The highest BCUT2D eigenvalue weighted by atomic mass is 19.1. The average molecular weight is 216 g/mol. The maximum atomic E-state index is 13.1. The molecule has 0 heterocycles. The molecule has 0 amide bonds. The molecule has 0 spiro atoms. The van der Waals surface area contributed by atoms with E-state index in [9.17, 15) is 9.50 Å². The molecule has 0 aliphatic heterocycles. The highest BCUT2D eigenvalue weighted by Gasteiger charge is 2.07. The first-order valence-corrected chi connectivity index (χ1v) is 5.14. The summed E-state index contributed by atoms with van der Waals surface area (Å²) in [5, 5.41) is 9.23. The Labute approximate surface area is 94.2 Å². The standard InChI is InChI=1S/C14H13FO/c1-9-7-12(15)8-10(2)14(9)11-3-5-13(16)6-4-11/h3-8,16H,1-2H3. The Morgan fingerprint density at radius 1 is 0.938 bits per heavy atom. The third-order valence-corrected chi connectivity index (χ3v) is 2.65. The third-order valence-electron chi connectivity index (χ3n) is 2.65. The molecule has 2 heteroatoms. The van der Waals surface area contributed by atoms with Crippen molar-refractivity contribution in [2.24, 2.45) is 0 Å². The number of phenolic OH excluding ortho intramolecular Hbond substituents is 1. The highest BCUT2D eigenvalue weighted by molar-refractivity contribution is 5.71. The van der Waals surface area contributed by atoms with Gasteiger partial charge in [-0.1, -0.05) is 12.1 Å². The van der Waals surface area contributed by atoms with Crippen molar-refractivity contribution in [1.29, 1.82) is 0 Å². The van der Waals surface area contributed by atoms with Crippen LogP contribution in [0.3, 0.4) is 0 Å². The summed E-state index contributed by atoms with van der Waals surface area (Å²) in [5.41, 5.74) is 3.83. The lowest BCUT2D eigenvalue weighted by Crippen LogP contribution is -1.90. The second-order valence-corrected chi connectivity index (χ2v) is 3.96. The monoisotopic (exact) mass is 216 g/mol. The zero-order valence-corrected chi connectivity index (χ0v) is 9.29. The smallest absolute Gasteiger partial charge is 0.123 e. The molecule has 0 aliphatic carbocycles. The van der Waals surface area contributed by atoms with E-state index in [1.165, 1.54) is 12.1 Å². The van der Waals surface area contributed by atoms with Gasteiger partial charge in [-0.15, -0.1) is 0 Å². The van der Waals surface area contributed by atoms with Crippen molar-refractivity contribution in [3.8, 4) is 16.9 Å². The van der Waals surface area contributed by atoms with E-state index in [4.69, 9.17) is 0 Å². The van der Waals surface area contributed by atoms with Gasteiger partial charge in [-0.25, -0.2) is 4.39 Å². The van der Waals surface area contributed by atoms with Crippen molar-refractivity contribution in [3.63, 3.8) is 0 Å². The molecule has 0 aliphatic rings. The minimum atomic E-state index is -0.211. The van der Waals surface area contributed by atoms with Crippen LogP contribution in [0.1, 0.15) is 11.1 Å². The molecule has 2 aromatic rings. The van der Waals surface area contributed by atoms with Crippen LogP contribution in [0, 0.1) is 19.7 Å². The summed E-state index contributed by atoms with van der Waals surface area (Å²) in [6.07, 6.45) is 0. The van der Waals surface area contributed by atoms with Crippen molar-refractivity contribution in [1.82, 2.24) is 0 Å². The van der Waals surface area contributed by atoms with Crippen LogP contribution in [0.25, 0.3) is 11.1 Å². The lowest BCUT2D eigenvalue weighted by Gasteiger charge is -2.10. The first-order chi connectivity index (χ1) is 7.58. The molecule has 0 aromatic heterocycles. The van der Waals surface area contributed by atoms with Crippen molar-refractivity contribution < 1.29 is 9.50 Å². The summed E-state index contributed by atoms with van der Waals surface area (Å²) in [6, 6.07) is 9.99. The van der Waals surface area contributed by atoms with Gasteiger partial charge >= 0.3 is 0 Å². The van der Waals surface area contributed by atoms with Crippen molar-refractivity contribution >= 4 is 0 Å². The Morgan fingerprint density at radius 3 is 1.94 bits per heavy atom. The summed E-state index contributed by atoms with van der Waals surface area (Å²) in [7, 11) is 0. The largest absolute Gasteiger partial charge is 0.508 e. The second kappa shape index (κ2) is 3.97. The van der Waals surface area contributed by atoms with E-state index in [-0.39, 0.29) is 11.6 Å². The minimum Gasteiger partial charge on any atom is -0.508 e. The van der Waals surface area contributed by atoms with Crippen LogP contribution in [-0.4, -0.2) is 5.11 Å². The van der Waals surface area contributed by atoms with Crippen LogP contribution in [-0.2, 0) is 0 Å². The number of hydrogen-bond donors (Lipinski definition) is 1. The van der Waals surface area contributed by atoms with E-state index in [1.54, 1.807) is 12.1 Å². The topological polar surface area (TPSA) is 20.2 Å². The summed E-state index contributed by atoms with van der Waals surface area (Å²) in [6.45, 7) is 3.77.